The molecular weight excluding hydrogens is 518 g/mol. The molecule has 5 aromatic rings. The summed E-state index contributed by atoms with van der Waals surface area (Å²) >= 11 is 0. The van der Waals surface area contributed by atoms with E-state index >= 15 is 0 Å². The van der Waals surface area contributed by atoms with Gasteiger partial charge in [0.15, 0.2) is 0 Å². The van der Waals surface area contributed by atoms with E-state index in [1.54, 1.807) is 12.1 Å². The molecule has 0 unspecified atom stereocenters. The third-order valence-corrected chi connectivity index (χ3v) is 8.60. The number of fused-ring (bicyclic) bond motifs is 2. The van der Waals surface area contributed by atoms with E-state index in [-0.39, 0.29) is 4.90 Å². The molecule has 0 aliphatic carbocycles. The van der Waals surface area contributed by atoms with Crippen molar-refractivity contribution in [3.63, 3.8) is 0 Å². The van der Waals surface area contributed by atoms with Gasteiger partial charge >= 0.3 is 0 Å². The highest BCUT2D eigenvalue weighted by molar-refractivity contribution is 7.93. The summed E-state index contributed by atoms with van der Waals surface area (Å²) in [5.74, 6) is 0.764. The molecule has 0 saturated carbocycles. The smallest absolute Gasteiger partial charge is 0.263 e. The van der Waals surface area contributed by atoms with Crippen molar-refractivity contribution in [1.29, 1.82) is 0 Å². The van der Waals surface area contributed by atoms with Gasteiger partial charge < -0.3 is 5.32 Å². The summed E-state index contributed by atoms with van der Waals surface area (Å²) in [6.45, 7) is 2.80. The van der Waals surface area contributed by atoms with E-state index in [9.17, 15) is 8.42 Å². The molecule has 1 aliphatic heterocycles. The van der Waals surface area contributed by atoms with Crippen molar-refractivity contribution in [3.05, 3.63) is 126 Å². The van der Waals surface area contributed by atoms with Crippen LogP contribution in [0.15, 0.2) is 108 Å². The molecule has 6 rings (SSSR count). The SMILES string of the molecule is O=S(=O)(Nc1nc(NCCc2ccccc2)nc2c1CN(Cc1ccccc1)CC2)c1cccc2ccccc12. The van der Waals surface area contributed by atoms with Crippen LogP contribution in [0.2, 0.25) is 0 Å². The number of sulfonamides is 1. The van der Waals surface area contributed by atoms with Crippen molar-refractivity contribution in [1.82, 2.24) is 14.9 Å². The lowest BCUT2D eigenvalue weighted by atomic mass is 10.1. The highest BCUT2D eigenvalue weighted by atomic mass is 32.2. The third kappa shape index (κ3) is 5.83. The number of nitrogens with one attached hydrogen (secondary N) is 2. The highest BCUT2D eigenvalue weighted by Gasteiger charge is 2.26. The van der Waals surface area contributed by atoms with Crippen molar-refractivity contribution in [2.45, 2.75) is 30.8 Å². The Balaban J connectivity index is 1.31. The highest BCUT2D eigenvalue weighted by Crippen LogP contribution is 2.30. The number of aromatic nitrogens is 2. The first-order chi connectivity index (χ1) is 19.5. The van der Waals surface area contributed by atoms with Crippen LogP contribution in [-0.4, -0.2) is 36.4 Å². The van der Waals surface area contributed by atoms with Crippen LogP contribution in [-0.2, 0) is 36.0 Å². The van der Waals surface area contributed by atoms with Gasteiger partial charge in [-0.25, -0.2) is 13.4 Å². The zero-order valence-corrected chi connectivity index (χ0v) is 22.9. The standard InChI is InChI=1S/C32H31N5O2S/c38-40(39,30-17-9-15-26-14-7-8-16-27(26)30)36-31-28-23-37(22-25-12-5-2-6-13-25)21-19-29(28)34-32(35-31)33-20-18-24-10-3-1-4-11-24/h1-17H,18-23H2,(H2,33,34,35,36). The van der Waals surface area contributed by atoms with E-state index < -0.39 is 10.0 Å². The Bertz CT molecular complexity index is 1720. The average Bonchev–Trinajstić information content (AvgIpc) is 2.98. The Morgan fingerprint density at radius 2 is 1.48 bits per heavy atom. The van der Waals surface area contributed by atoms with Gasteiger partial charge in [-0.1, -0.05) is 97.1 Å². The summed E-state index contributed by atoms with van der Waals surface area (Å²) in [5, 5.41) is 4.86. The van der Waals surface area contributed by atoms with E-state index in [1.165, 1.54) is 11.1 Å². The molecule has 0 radical (unpaired) electrons. The number of hydrogen-bond donors (Lipinski definition) is 2. The topological polar surface area (TPSA) is 87.2 Å². The van der Waals surface area contributed by atoms with Crippen LogP contribution in [0.3, 0.4) is 0 Å². The van der Waals surface area contributed by atoms with E-state index in [2.05, 4.69) is 39.2 Å². The molecule has 8 heteroatoms. The number of anilines is 2. The van der Waals surface area contributed by atoms with Crippen LogP contribution in [0.1, 0.15) is 22.4 Å². The summed E-state index contributed by atoms with van der Waals surface area (Å²) in [6.07, 6.45) is 1.52. The minimum atomic E-state index is -3.92. The molecular formula is C32H31N5O2S. The summed E-state index contributed by atoms with van der Waals surface area (Å²) in [5.41, 5.74) is 4.11. The minimum absolute atomic E-state index is 0.230. The van der Waals surface area contributed by atoms with E-state index in [4.69, 9.17) is 9.97 Å². The Hall–Kier alpha value is -4.27. The van der Waals surface area contributed by atoms with Gasteiger partial charge in [-0.3, -0.25) is 9.62 Å². The number of benzene rings is 4. The maximum Gasteiger partial charge on any atom is 0.263 e. The van der Waals surface area contributed by atoms with Crippen LogP contribution in [0.25, 0.3) is 10.8 Å². The van der Waals surface area contributed by atoms with Crippen LogP contribution in [0.5, 0.6) is 0 Å². The average molecular weight is 550 g/mol. The molecule has 0 bridgehead atoms. The fourth-order valence-electron chi connectivity index (χ4n) is 5.19. The van der Waals surface area contributed by atoms with Crippen LogP contribution >= 0.6 is 0 Å². The Morgan fingerprint density at radius 1 is 0.775 bits per heavy atom. The van der Waals surface area contributed by atoms with Crippen molar-refractivity contribution < 1.29 is 8.42 Å². The Morgan fingerprint density at radius 3 is 2.27 bits per heavy atom. The maximum atomic E-state index is 13.8. The second-order valence-corrected chi connectivity index (χ2v) is 11.7. The first kappa shape index (κ1) is 26.0. The second-order valence-electron chi connectivity index (χ2n) is 10.0. The molecule has 4 aromatic carbocycles. The first-order valence-electron chi connectivity index (χ1n) is 13.5. The second kappa shape index (κ2) is 11.5. The monoisotopic (exact) mass is 549 g/mol. The largest absolute Gasteiger partial charge is 0.354 e. The van der Waals surface area contributed by atoms with E-state index in [0.29, 0.717) is 36.7 Å². The zero-order valence-electron chi connectivity index (χ0n) is 22.1. The quantitative estimate of drug-likeness (QED) is 0.247. The Kier molecular flexibility index (Phi) is 7.44. The van der Waals surface area contributed by atoms with Gasteiger partial charge in [-0.15, -0.1) is 0 Å². The molecule has 2 N–H and O–H groups in total. The van der Waals surface area contributed by atoms with Gasteiger partial charge in [0.1, 0.15) is 5.82 Å². The normalized spacial score (nSPS) is 13.6. The van der Waals surface area contributed by atoms with Gasteiger partial charge in [0, 0.05) is 43.5 Å². The van der Waals surface area contributed by atoms with Gasteiger partial charge in [0.05, 0.1) is 10.6 Å². The molecule has 1 aromatic heterocycles. The predicted octanol–water partition coefficient (Wildman–Crippen LogP) is 5.64. The Labute approximate surface area is 235 Å². The number of rotatable bonds is 9. The van der Waals surface area contributed by atoms with Gasteiger partial charge in [-0.2, -0.15) is 4.98 Å². The molecule has 0 atom stereocenters. The zero-order chi connectivity index (χ0) is 27.4. The summed E-state index contributed by atoms with van der Waals surface area (Å²) in [4.78, 5) is 12.1. The number of nitrogens with zero attached hydrogens (tertiary/aromatic N) is 3. The first-order valence-corrected chi connectivity index (χ1v) is 15.0. The van der Waals surface area contributed by atoms with Gasteiger partial charge in [-0.05, 0) is 29.0 Å². The van der Waals surface area contributed by atoms with Gasteiger partial charge in [0.25, 0.3) is 10.0 Å². The molecule has 0 fully saturated rings. The van der Waals surface area contributed by atoms with Gasteiger partial charge in [0.2, 0.25) is 5.95 Å². The lowest BCUT2D eigenvalue weighted by Gasteiger charge is -2.29. The molecule has 40 heavy (non-hydrogen) atoms. The lowest BCUT2D eigenvalue weighted by Crippen LogP contribution is -2.32. The lowest BCUT2D eigenvalue weighted by molar-refractivity contribution is 0.243. The molecule has 202 valence electrons. The summed E-state index contributed by atoms with van der Waals surface area (Å²) in [7, 11) is -3.92. The van der Waals surface area contributed by atoms with E-state index in [1.807, 2.05) is 66.7 Å². The van der Waals surface area contributed by atoms with Crippen molar-refractivity contribution in [3.8, 4) is 0 Å². The fourth-order valence-corrected chi connectivity index (χ4v) is 6.45. The van der Waals surface area contributed by atoms with Crippen molar-refractivity contribution >= 4 is 32.6 Å². The fraction of sp³-hybridized carbons (Fsp3) is 0.188. The summed E-state index contributed by atoms with van der Waals surface area (Å²) in [6, 6.07) is 33.3. The maximum absolute atomic E-state index is 13.8. The number of hydrogen-bond acceptors (Lipinski definition) is 6. The minimum Gasteiger partial charge on any atom is -0.354 e. The molecule has 1 aliphatic rings. The van der Waals surface area contributed by atoms with Crippen molar-refractivity contribution in [2.24, 2.45) is 0 Å². The van der Waals surface area contributed by atoms with Crippen LogP contribution < -0.4 is 10.0 Å². The van der Waals surface area contributed by atoms with Crippen molar-refractivity contribution in [2.75, 3.05) is 23.1 Å². The predicted molar refractivity (Wildman–Crippen MR) is 160 cm³/mol. The molecule has 0 spiro atoms. The van der Waals surface area contributed by atoms with Crippen LogP contribution in [0.4, 0.5) is 11.8 Å². The molecule has 2 heterocycles. The molecule has 0 saturated heterocycles. The summed E-state index contributed by atoms with van der Waals surface area (Å²) < 4.78 is 30.4. The van der Waals surface area contributed by atoms with Crippen LogP contribution in [0, 0.1) is 0 Å². The third-order valence-electron chi connectivity index (χ3n) is 7.20. The molecule has 0 amide bonds. The van der Waals surface area contributed by atoms with E-state index in [0.717, 1.165) is 36.2 Å². The molecule has 7 nitrogen and oxygen atoms in total.